The molecule has 2 heteroatoms. The number of hydrogen-bond acceptors (Lipinski definition) is 0. The van der Waals surface area contributed by atoms with Crippen LogP contribution in [0.3, 0.4) is 0 Å². The third-order valence-electron chi connectivity index (χ3n) is 4.16. The molecule has 2 aliphatic carbocycles. The summed E-state index contributed by atoms with van der Waals surface area (Å²) in [5, 5.41) is 0. The Balaban J connectivity index is 0.00000220. The molecule has 0 nitrogen and oxygen atoms in total. The van der Waals surface area contributed by atoms with E-state index < -0.39 is 0 Å². The molecule has 0 fully saturated rings. The van der Waals surface area contributed by atoms with Gasteiger partial charge in [0, 0.05) is 0 Å². The van der Waals surface area contributed by atoms with Crippen LogP contribution < -0.4 is 37.7 Å². The average molecular weight is 282 g/mol. The standard InChI is InChI=1S/C20H28.2Li/c1-19(2,3)17-11-7-15(8-12-17)16-9-13-18(14-10-16)20(4,5)6;;/h7,9,11-14H,8,10H2,1-6H3;;/q-2;2*+1. The summed E-state index contributed by atoms with van der Waals surface area (Å²) in [5.74, 6) is 2.94. The van der Waals surface area contributed by atoms with Gasteiger partial charge in [-0.25, -0.2) is 24.3 Å². The van der Waals surface area contributed by atoms with Crippen molar-refractivity contribution in [3.8, 4) is 0 Å². The summed E-state index contributed by atoms with van der Waals surface area (Å²) in [6, 6.07) is 0. The van der Waals surface area contributed by atoms with E-state index in [0.717, 1.165) is 12.8 Å². The molecule has 2 rings (SSSR count). The fourth-order valence-electron chi connectivity index (χ4n) is 2.68. The first kappa shape index (κ1) is 21.9. The van der Waals surface area contributed by atoms with Crippen LogP contribution in [0.4, 0.5) is 0 Å². The van der Waals surface area contributed by atoms with Crippen molar-refractivity contribution in [2.24, 2.45) is 10.8 Å². The van der Waals surface area contributed by atoms with Gasteiger partial charge in [0.25, 0.3) is 0 Å². The first-order chi connectivity index (χ1) is 9.18. The maximum atomic E-state index is 2.39. The third kappa shape index (κ3) is 5.51. The second kappa shape index (κ2) is 8.13. The van der Waals surface area contributed by atoms with Crippen molar-refractivity contribution in [3.05, 3.63) is 59.4 Å². The topological polar surface area (TPSA) is 0 Å². The second-order valence-electron chi connectivity index (χ2n) is 7.94. The molecular formula is C20H28Li2. The number of rotatable bonds is 1. The zero-order chi connectivity index (χ0) is 15.0. The molecule has 0 amide bonds. The number of allylic oxidation sites excluding steroid dienone is 8. The zero-order valence-electron chi connectivity index (χ0n) is 15.9. The van der Waals surface area contributed by atoms with Gasteiger partial charge >= 0.3 is 37.7 Å². The van der Waals surface area contributed by atoms with Crippen molar-refractivity contribution in [1.82, 2.24) is 0 Å². The molecule has 0 saturated carbocycles. The quantitative estimate of drug-likeness (QED) is 0.469. The zero-order valence-corrected chi connectivity index (χ0v) is 15.9. The minimum absolute atomic E-state index is 0. The van der Waals surface area contributed by atoms with Crippen molar-refractivity contribution >= 4 is 0 Å². The van der Waals surface area contributed by atoms with E-state index in [4.69, 9.17) is 0 Å². The molecule has 0 N–H and O–H groups in total. The Hall–Kier alpha value is -0.105. The molecule has 2 aliphatic rings. The molecule has 0 spiro atoms. The van der Waals surface area contributed by atoms with E-state index in [2.05, 4.69) is 78.0 Å². The van der Waals surface area contributed by atoms with Crippen molar-refractivity contribution in [3.63, 3.8) is 0 Å². The molecular weight excluding hydrogens is 254 g/mol. The maximum absolute atomic E-state index is 2.39. The van der Waals surface area contributed by atoms with Gasteiger partial charge in [0.05, 0.1) is 0 Å². The van der Waals surface area contributed by atoms with Crippen LogP contribution in [0, 0.1) is 22.7 Å². The Bertz CT molecular complexity index is 433. The van der Waals surface area contributed by atoms with Gasteiger partial charge in [-0.2, -0.15) is 0 Å². The largest absolute Gasteiger partial charge is 1.00 e. The Kier molecular flexibility index (Phi) is 8.09. The van der Waals surface area contributed by atoms with Gasteiger partial charge in [-0.05, 0) is 10.8 Å². The van der Waals surface area contributed by atoms with Crippen LogP contribution in [-0.2, 0) is 0 Å². The molecule has 0 heterocycles. The normalized spacial score (nSPS) is 18.3. The van der Waals surface area contributed by atoms with Crippen LogP contribution >= 0.6 is 0 Å². The molecule has 0 bridgehead atoms. The molecule has 0 aromatic rings. The van der Waals surface area contributed by atoms with Crippen LogP contribution in [0.15, 0.2) is 47.6 Å². The fourth-order valence-corrected chi connectivity index (χ4v) is 2.68. The maximum Gasteiger partial charge on any atom is 1.00 e. The minimum Gasteiger partial charge on any atom is -0.271 e. The van der Waals surface area contributed by atoms with E-state index in [1.54, 1.807) is 0 Å². The van der Waals surface area contributed by atoms with E-state index in [0.29, 0.717) is 0 Å². The first-order valence-corrected chi connectivity index (χ1v) is 7.67. The van der Waals surface area contributed by atoms with Gasteiger partial charge in [-0.15, -0.1) is 23.3 Å². The molecule has 0 aliphatic heterocycles. The molecule has 0 unspecified atom stereocenters. The third-order valence-corrected chi connectivity index (χ3v) is 4.16. The van der Waals surface area contributed by atoms with Crippen LogP contribution in [0.5, 0.6) is 0 Å². The summed E-state index contributed by atoms with van der Waals surface area (Å²) < 4.78 is 0. The van der Waals surface area contributed by atoms with Crippen molar-refractivity contribution in [2.45, 2.75) is 54.4 Å². The molecule has 0 saturated heterocycles. The summed E-state index contributed by atoms with van der Waals surface area (Å²) in [6.45, 7) is 13.7. The van der Waals surface area contributed by atoms with Gasteiger partial charge in [0.1, 0.15) is 0 Å². The minimum atomic E-state index is 0. The molecule has 0 aromatic heterocycles. The molecule has 110 valence electrons. The summed E-state index contributed by atoms with van der Waals surface area (Å²) in [7, 11) is 0. The first-order valence-electron chi connectivity index (χ1n) is 7.67. The van der Waals surface area contributed by atoms with Crippen molar-refractivity contribution < 1.29 is 37.7 Å². The van der Waals surface area contributed by atoms with Gasteiger partial charge in [-0.1, -0.05) is 54.4 Å². The average Bonchev–Trinajstić information content (AvgIpc) is 2.37. The van der Waals surface area contributed by atoms with Crippen molar-refractivity contribution in [1.29, 1.82) is 0 Å². The van der Waals surface area contributed by atoms with E-state index in [-0.39, 0.29) is 48.6 Å². The Morgan fingerprint density at radius 1 is 0.682 bits per heavy atom. The van der Waals surface area contributed by atoms with Crippen LogP contribution in [0.1, 0.15) is 54.4 Å². The number of hydrogen-bond donors (Lipinski definition) is 0. The molecule has 0 atom stereocenters. The van der Waals surface area contributed by atoms with Crippen molar-refractivity contribution in [2.75, 3.05) is 0 Å². The summed E-state index contributed by atoms with van der Waals surface area (Å²) in [5.41, 5.74) is 3.42. The fraction of sp³-hybridized carbons (Fsp3) is 0.500. The predicted octanol–water partition coefficient (Wildman–Crippen LogP) is 0.00818. The Labute approximate surface area is 161 Å². The SMILES string of the molecule is CC(C)(C)C1=CC[C-]([C-]2C=CC(C(C)(C)C)=CC2)C=C1.[Li+].[Li+]. The molecule has 0 aromatic carbocycles. The van der Waals surface area contributed by atoms with Crippen LogP contribution in [0.2, 0.25) is 0 Å². The van der Waals surface area contributed by atoms with E-state index in [9.17, 15) is 0 Å². The summed E-state index contributed by atoms with van der Waals surface area (Å²) in [6.07, 6.45) is 16.1. The smallest absolute Gasteiger partial charge is 0.271 e. The predicted molar refractivity (Wildman–Crippen MR) is 89.1 cm³/mol. The van der Waals surface area contributed by atoms with Gasteiger partial charge in [-0.3, -0.25) is 11.8 Å². The Morgan fingerprint density at radius 2 is 1.00 bits per heavy atom. The van der Waals surface area contributed by atoms with E-state index in [1.807, 2.05) is 0 Å². The summed E-state index contributed by atoms with van der Waals surface area (Å²) >= 11 is 0. The van der Waals surface area contributed by atoms with E-state index in [1.165, 1.54) is 23.0 Å². The van der Waals surface area contributed by atoms with Gasteiger partial charge in [0.2, 0.25) is 0 Å². The summed E-state index contributed by atoms with van der Waals surface area (Å²) in [4.78, 5) is 0. The van der Waals surface area contributed by atoms with Crippen LogP contribution in [-0.4, -0.2) is 0 Å². The Morgan fingerprint density at radius 3 is 1.18 bits per heavy atom. The van der Waals surface area contributed by atoms with Crippen LogP contribution in [0.25, 0.3) is 0 Å². The second-order valence-corrected chi connectivity index (χ2v) is 7.94. The monoisotopic (exact) mass is 282 g/mol. The van der Waals surface area contributed by atoms with Gasteiger partial charge in [0.15, 0.2) is 0 Å². The molecule has 0 radical (unpaired) electrons. The molecule has 22 heavy (non-hydrogen) atoms. The van der Waals surface area contributed by atoms with Gasteiger partial charge < -0.3 is 0 Å². The van der Waals surface area contributed by atoms with E-state index >= 15 is 0 Å².